The molecule has 1 atom stereocenters. The highest BCUT2D eigenvalue weighted by molar-refractivity contribution is 5.84. The number of rotatable bonds is 6. The van der Waals surface area contributed by atoms with Crippen LogP contribution in [0.1, 0.15) is 32.8 Å². The summed E-state index contributed by atoms with van der Waals surface area (Å²) in [6, 6.07) is 5.57. The van der Waals surface area contributed by atoms with Crippen LogP contribution in [0.3, 0.4) is 0 Å². The van der Waals surface area contributed by atoms with E-state index in [1.165, 1.54) is 24.3 Å². The van der Waals surface area contributed by atoms with Crippen molar-refractivity contribution in [1.82, 2.24) is 5.32 Å². The Morgan fingerprint density at radius 3 is 2.22 bits per heavy atom. The molecule has 0 aromatic heterocycles. The molecule has 1 aromatic carbocycles. The fraction of sp³-hybridized carbons (Fsp3) is 0.500. The second-order valence-corrected chi connectivity index (χ2v) is 6.30. The number of carboxylic acids is 1. The summed E-state index contributed by atoms with van der Waals surface area (Å²) in [4.78, 5) is 23.4. The maximum atomic E-state index is 12.9. The maximum absolute atomic E-state index is 12.9. The lowest BCUT2D eigenvalue weighted by Gasteiger charge is -2.30. The van der Waals surface area contributed by atoms with Gasteiger partial charge in [-0.3, -0.25) is 0 Å². The molecule has 128 valence electrons. The number of amides is 1. The van der Waals surface area contributed by atoms with E-state index in [9.17, 15) is 24.2 Å². The van der Waals surface area contributed by atoms with Gasteiger partial charge >= 0.3 is 12.1 Å². The highest BCUT2D eigenvalue weighted by Gasteiger charge is 2.40. The Morgan fingerprint density at radius 1 is 1.22 bits per heavy atom. The van der Waals surface area contributed by atoms with Crippen LogP contribution in [0.2, 0.25) is 0 Å². The summed E-state index contributed by atoms with van der Waals surface area (Å²) >= 11 is 0. The molecule has 0 aliphatic carbocycles. The van der Waals surface area contributed by atoms with Gasteiger partial charge in [0, 0.05) is 0 Å². The van der Waals surface area contributed by atoms with E-state index in [4.69, 9.17) is 4.74 Å². The van der Waals surface area contributed by atoms with Crippen molar-refractivity contribution in [3.8, 4) is 0 Å². The quantitative estimate of drug-likeness (QED) is 0.743. The number of carbonyl (C=O) groups excluding carboxylic acids is 1. The minimum Gasteiger partial charge on any atom is -0.479 e. The second kappa shape index (κ2) is 7.41. The van der Waals surface area contributed by atoms with Crippen molar-refractivity contribution in [1.29, 1.82) is 0 Å². The maximum Gasteiger partial charge on any atom is 0.408 e. The number of nitrogens with one attached hydrogen (secondary N) is 1. The predicted molar refractivity (Wildman–Crippen MR) is 81.5 cm³/mol. The Hall–Kier alpha value is -2.15. The molecule has 1 aromatic rings. The zero-order valence-corrected chi connectivity index (χ0v) is 13.4. The normalized spacial score (nSPS) is 14.0. The first-order valence-corrected chi connectivity index (χ1v) is 7.18. The highest BCUT2D eigenvalue weighted by Crippen LogP contribution is 2.17. The summed E-state index contributed by atoms with van der Waals surface area (Å²) in [5.41, 5.74) is -1.96. The van der Waals surface area contributed by atoms with Gasteiger partial charge in [0.05, 0.1) is 6.61 Å². The molecule has 0 spiro atoms. The highest BCUT2D eigenvalue weighted by atomic mass is 19.1. The second-order valence-electron chi connectivity index (χ2n) is 6.30. The number of carboxylic acid groups (broad SMARTS) is 1. The fourth-order valence-electron chi connectivity index (χ4n) is 1.92. The number of benzene rings is 1. The van der Waals surface area contributed by atoms with Crippen LogP contribution in [0, 0.1) is 5.82 Å². The molecule has 0 saturated carbocycles. The SMILES string of the molecule is CC(C)(C)OC(=O)N[C@](CO)(CCc1ccc(F)cc1)C(=O)O. The third-order valence-corrected chi connectivity index (χ3v) is 3.17. The summed E-state index contributed by atoms with van der Waals surface area (Å²) in [6.45, 7) is 4.15. The van der Waals surface area contributed by atoms with Gasteiger partial charge in [-0.05, 0) is 51.3 Å². The number of aliphatic hydroxyl groups is 1. The van der Waals surface area contributed by atoms with Crippen LogP contribution >= 0.6 is 0 Å². The summed E-state index contributed by atoms with van der Waals surface area (Å²) in [5, 5.41) is 21.1. The average Bonchev–Trinajstić information content (AvgIpc) is 2.43. The number of hydrogen-bond acceptors (Lipinski definition) is 4. The van der Waals surface area contributed by atoms with Gasteiger partial charge in [-0.15, -0.1) is 0 Å². The molecule has 0 aliphatic heterocycles. The van der Waals surface area contributed by atoms with E-state index >= 15 is 0 Å². The zero-order chi connectivity index (χ0) is 17.7. The lowest BCUT2D eigenvalue weighted by Crippen LogP contribution is -2.58. The number of carbonyl (C=O) groups is 2. The minimum atomic E-state index is -1.86. The number of aliphatic hydroxyl groups excluding tert-OH is 1. The molecular formula is C16H22FNO5. The van der Waals surface area contributed by atoms with Crippen molar-refractivity contribution >= 4 is 12.1 Å². The average molecular weight is 327 g/mol. The molecule has 1 amide bonds. The first-order chi connectivity index (χ1) is 10.6. The molecule has 1 rings (SSSR count). The number of ether oxygens (including phenoxy) is 1. The molecular weight excluding hydrogens is 305 g/mol. The monoisotopic (exact) mass is 327 g/mol. The van der Waals surface area contributed by atoms with Gasteiger partial charge in [-0.2, -0.15) is 0 Å². The van der Waals surface area contributed by atoms with Crippen molar-refractivity contribution in [2.24, 2.45) is 0 Å². The van der Waals surface area contributed by atoms with E-state index in [0.29, 0.717) is 5.56 Å². The van der Waals surface area contributed by atoms with Gasteiger partial charge in [0.1, 0.15) is 11.4 Å². The van der Waals surface area contributed by atoms with Gasteiger partial charge in [0.25, 0.3) is 0 Å². The van der Waals surface area contributed by atoms with Gasteiger partial charge in [-0.1, -0.05) is 12.1 Å². The summed E-state index contributed by atoms with van der Waals surface area (Å²) in [5.74, 6) is -1.76. The van der Waals surface area contributed by atoms with Crippen molar-refractivity contribution in [3.05, 3.63) is 35.6 Å². The number of halogens is 1. The molecule has 0 heterocycles. The summed E-state index contributed by atoms with van der Waals surface area (Å²) < 4.78 is 17.9. The fourth-order valence-corrected chi connectivity index (χ4v) is 1.92. The lowest BCUT2D eigenvalue weighted by molar-refractivity contribution is -0.147. The standard InChI is InChI=1S/C16H22FNO5/c1-15(2,3)23-14(22)18-16(10-19,13(20)21)9-8-11-4-6-12(17)7-5-11/h4-7,19H,8-10H2,1-3H3,(H,18,22)(H,20,21)/t16-/m0/s1. The molecule has 7 heteroatoms. The molecule has 0 aliphatic rings. The predicted octanol–water partition coefficient (Wildman–Crippen LogP) is 2.10. The van der Waals surface area contributed by atoms with E-state index in [1.807, 2.05) is 0 Å². The van der Waals surface area contributed by atoms with E-state index in [0.717, 1.165) is 0 Å². The van der Waals surface area contributed by atoms with Crippen molar-refractivity contribution in [2.45, 2.75) is 44.8 Å². The minimum absolute atomic E-state index is 0.0658. The number of aryl methyl sites for hydroxylation is 1. The zero-order valence-electron chi connectivity index (χ0n) is 13.4. The Kier molecular flexibility index (Phi) is 6.09. The molecule has 6 nitrogen and oxygen atoms in total. The van der Waals surface area contributed by atoms with Crippen LogP contribution in [-0.4, -0.2) is 40.0 Å². The van der Waals surface area contributed by atoms with Crippen molar-refractivity contribution in [2.75, 3.05) is 6.61 Å². The largest absolute Gasteiger partial charge is 0.479 e. The Bertz CT molecular complexity index is 553. The van der Waals surface area contributed by atoms with Crippen molar-refractivity contribution in [3.63, 3.8) is 0 Å². The molecule has 0 unspecified atom stereocenters. The van der Waals surface area contributed by atoms with Crippen molar-refractivity contribution < 1.29 is 28.9 Å². The summed E-state index contributed by atoms with van der Waals surface area (Å²) in [7, 11) is 0. The van der Waals surface area contributed by atoms with Crippen LogP contribution in [-0.2, 0) is 16.0 Å². The Morgan fingerprint density at radius 2 is 1.78 bits per heavy atom. The van der Waals surface area contributed by atoms with E-state index < -0.39 is 35.6 Å². The van der Waals surface area contributed by atoms with E-state index in [-0.39, 0.29) is 12.8 Å². The molecule has 0 saturated heterocycles. The topological polar surface area (TPSA) is 95.9 Å². The van der Waals surface area contributed by atoms with Crippen LogP contribution in [0.5, 0.6) is 0 Å². The lowest BCUT2D eigenvalue weighted by atomic mass is 9.92. The Balaban J connectivity index is 2.83. The number of hydrogen-bond donors (Lipinski definition) is 3. The summed E-state index contributed by atoms with van der Waals surface area (Å²) in [6.07, 6.45) is -0.750. The third kappa shape index (κ3) is 5.86. The van der Waals surface area contributed by atoms with E-state index in [1.54, 1.807) is 20.8 Å². The molecule has 0 radical (unpaired) electrons. The van der Waals surface area contributed by atoms with Crippen LogP contribution in [0.25, 0.3) is 0 Å². The van der Waals surface area contributed by atoms with Gasteiger partial charge in [0.15, 0.2) is 5.54 Å². The van der Waals surface area contributed by atoms with E-state index in [2.05, 4.69) is 5.32 Å². The van der Waals surface area contributed by atoms with Crippen LogP contribution in [0.4, 0.5) is 9.18 Å². The molecule has 0 fully saturated rings. The van der Waals surface area contributed by atoms with Gasteiger partial charge < -0.3 is 20.3 Å². The Labute approximate surface area is 134 Å². The van der Waals surface area contributed by atoms with Gasteiger partial charge in [-0.25, -0.2) is 14.0 Å². The first kappa shape index (κ1) is 18.9. The smallest absolute Gasteiger partial charge is 0.408 e. The van der Waals surface area contributed by atoms with Crippen LogP contribution < -0.4 is 5.32 Å². The molecule has 3 N–H and O–H groups in total. The number of aliphatic carboxylic acids is 1. The molecule has 0 bridgehead atoms. The van der Waals surface area contributed by atoms with Crippen LogP contribution in [0.15, 0.2) is 24.3 Å². The number of alkyl carbamates (subject to hydrolysis) is 1. The first-order valence-electron chi connectivity index (χ1n) is 7.18. The molecule has 23 heavy (non-hydrogen) atoms. The van der Waals surface area contributed by atoms with Gasteiger partial charge in [0.2, 0.25) is 0 Å². The third-order valence-electron chi connectivity index (χ3n) is 3.17.